The van der Waals surface area contributed by atoms with Crippen molar-refractivity contribution >= 4 is 17.5 Å². The van der Waals surface area contributed by atoms with Crippen molar-refractivity contribution in [2.45, 2.75) is 18.7 Å². The highest BCUT2D eigenvalue weighted by atomic mass is 35.5. The summed E-state index contributed by atoms with van der Waals surface area (Å²) >= 11 is 6.15. The molecule has 1 aliphatic heterocycles. The van der Waals surface area contributed by atoms with E-state index in [0.29, 0.717) is 5.92 Å². The van der Waals surface area contributed by atoms with Gasteiger partial charge in [0.2, 0.25) is 5.95 Å². The number of tetrazole rings is 1. The molecule has 5 nitrogen and oxygen atoms in total. The van der Waals surface area contributed by atoms with Gasteiger partial charge in [0.15, 0.2) is 0 Å². The van der Waals surface area contributed by atoms with Gasteiger partial charge >= 0.3 is 0 Å². The van der Waals surface area contributed by atoms with E-state index in [9.17, 15) is 0 Å². The Kier molecular flexibility index (Phi) is 2.58. The number of hydrogen-bond acceptors (Lipinski definition) is 4. The van der Waals surface area contributed by atoms with E-state index in [4.69, 9.17) is 11.6 Å². The van der Waals surface area contributed by atoms with Crippen molar-refractivity contribution in [2.75, 3.05) is 18.0 Å². The van der Waals surface area contributed by atoms with Gasteiger partial charge in [-0.15, -0.1) is 11.6 Å². The Morgan fingerprint density at radius 2 is 2.29 bits per heavy atom. The van der Waals surface area contributed by atoms with Gasteiger partial charge < -0.3 is 4.90 Å². The maximum atomic E-state index is 6.15. The van der Waals surface area contributed by atoms with Gasteiger partial charge in [0.25, 0.3) is 0 Å². The number of rotatable bonds is 1. The molecule has 78 valence electrons. The summed E-state index contributed by atoms with van der Waals surface area (Å²) in [7, 11) is 1.85. The Hall–Kier alpha value is -0.840. The molecule has 2 heterocycles. The third-order valence-corrected chi connectivity index (χ3v) is 3.33. The molecular weight excluding hydrogens is 202 g/mol. The Labute approximate surface area is 88.0 Å². The van der Waals surface area contributed by atoms with Crippen LogP contribution in [0.5, 0.6) is 0 Å². The van der Waals surface area contributed by atoms with Crippen LogP contribution in [0.25, 0.3) is 0 Å². The van der Waals surface area contributed by atoms with E-state index >= 15 is 0 Å². The molecule has 0 amide bonds. The minimum absolute atomic E-state index is 0.285. The van der Waals surface area contributed by atoms with Crippen molar-refractivity contribution in [1.82, 2.24) is 20.2 Å². The number of aryl methyl sites for hydroxylation is 1. The number of piperidine rings is 1. The van der Waals surface area contributed by atoms with Crippen LogP contribution in [0.3, 0.4) is 0 Å². The van der Waals surface area contributed by atoms with Crippen LogP contribution in [0.2, 0.25) is 0 Å². The van der Waals surface area contributed by atoms with Crippen LogP contribution in [0, 0.1) is 5.92 Å². The fourth-order valence-corrected chi connectivity index (χ4v) is 1.97. The molecule has 14 heavy (non-hydrogen) atoms. The number of aromatic nitrogens is 4. The smallest absolute Gasteiger partial charge is 0.245 e. The molecule has 0 spiro atoms. The van der Waals surface area contributed by atoms with Crippen molar-refractivity contribution < 1.29 is 0 Å². The molecule has 0 radical (unpaired) electrons. The first kappa shape index (κ1) is 9.71. The molecule has 6 heteroatoms. The van der Waals surface area contributed by atoms with E-state index in [1.165, 1.54) is 0 Å². The summed E-state index contributed by atoms with van der Waals surface area (Å²) in [6, 6.07) is 0. The zero-order chi connectivity index (χ0) is 10.1. The van der Waals surface area contributed by atoms with E-state index in [0.717, 1.165) is 25.5 Å². The highest BCUT2D eigenvalue weighted by Crippen LogP contribution is 2.24. The van der Waals surface area contributed by atoms with Gasteiger partial charge in [0.05, 0.1) is 0 Å². The van der Waals surface area contributed by atoms with Crippen molar-refractivity contribution in [3.8, 4) is 0 Å². The van der Waals surface area contributed by atoms with Gasteiger partial charge in [-0.1, -0.05) is 12.0 Å². The summed E-state index contributed by atoms with van der Waals surface area (Å²) in [6.07, 6.45) is 0.996. The van der Waals surface area contributed by atoms with Crippen LogP contribution in [0.4, 0.5) is 5.95 Å². The van der Waals surface area contributed by atoms with Crippen LogP contribution < -0.4 is 4.90 Å². The molecule has 2 rings (SSSR count). The van der Waals surface area contributed by atoms with Gasteiger partial charge in [-0.25, -0.2) is 4.68 Å². The summed E-state index contributed by atoms with van der Waals surface area (Å²) in [6.45, 7) is 4.03. The van der Waals surface area contributed by atoms with Gasteiger partial charge in [-0.2, -0.15) is 0 Å². The van der Waals surface area contributed by atoms with Crippen molar-refractivity contribution in [3.63, 3.8) is 0 Å². The summed E-state index contributed by atoms with van der Waals surface area (Å²) in [5.74, 6) is 1.32. The largest absolute Gasteiger partial charge is 0.339 e. The van der Waals surface area contributed by atoms with Gasteiger partial charge in [0, 0.05) is 25.5 Å². The number of hydrogen-bond donors (Lipinski definition) is 0. The normalized spacial score (nSPS) is 28.1. The van der Waals surface area contributed by atoms with Gasteiger partial charge in [-0.05, 0) is 22.8 Å². The lowest BCUT2D eigenvalue weighted by Crippen LogP contribution is -2.41. The highest BCUT2D eigenvalue weighted by Gasteiger charge is 2.26. The summed E-state index contributed by atoms with van der Waals surface area (Å²) in [5, 5.41) is 11.7. The first-order valence-corrected chi connectivity index (χ1v) is 5.23. The third-order valence-electron chi connectivity index (χ3n) is 2.68. The SMILES string of the molecule is CC1CN(c2nnnn2C)CCC1Cl. The summed E-state index contributed by atoms with van der Waals surface area (Å²) < 4.78 is 1.70. The predicted octanol–water partition coefficient (Wildman–Crippen LogP) is 0.664. The van der Waals surface area contributed by atoms with E-state index in [1.807, 2.05) is 7.05 Å². The molecule has 2 unspecified atom stereocenters. The van der Waals surface area contributed by atoms with Gasteiger partial charge in [0.1, 0.15) is 0 Å². The van der Waals surface area contributed by atoms with E-state index in [-0.39, 0.29) is 5.38 Å². The van der Waals surface area contributed by atoms with E-state index in [1.54, 1.807) is 4.68 Å². The molecule has 1 aromatic heterocycles. The second-order valence-electron chi connectivity index (χ2n) is 3.83. The Balaban J connectivity index is 2.10. The average molecular weight is 216 g/mol. The zero-order valence-corrected chi connectivity index (χ0v) is 9.15. The minimum atomic E-state index is 0.285. The molecule has 0 aromatic carbocycles. The Morgan fingerprint density at radius 1 is 1.50 bits per heavy atom. The van der Waals surface area contributed by atoms with Crippen LogP contribution in [0.15, 0.2) is 0 Å². The van der Waals surface area contributed by atoms with Crippen molar-refractivity contribution in [1.29, 1.82) is 0 Å². The molecule has 1 aromatic rings. The third kappa shape index (κ3) is 1.68. The maximum Gasteiger partial charge on any atom is 0.245 e. The van der Waals surface area contributed by atoms with Crippen LogP contribution in [-0.2, 0) is 7.05 Å². The second kappa shape index (κ2) is 3.73. The predicted molar refractivity (Wildman–Crippen MR) is 54.4 cm³/mol. The van der Waals surface area contributed by atoms with Crippen molar-refractivity contribution in [3.05, 3.63) is 0 Å². The molecular formula is C8H14ClN5. The highest BCUT2D eigenvalue weighted by molar-refractivity contribution is 6.20. The summed E-state index contributed by atoms with van der Waals surface area (Å²) in [5.41, 5.74) is 0. The molecule has 1 saturated heterocycles. The lowest BCUT2D eigenvalue weighted by atomic mass is 10.00. The minimum Gasteiger partial charge on any atom is -0.339 e. The lowest BCUT2D eigenvalue weighted by Gasteiger charge is -2.33. The molecule has 2 atom stereocenters. The second-order valence-corrected chi connectivity index (χ2v) is 4.39. The van der Waals surface area contributed by atoms with Crippen molar-refractivity contribution in [2.24, 2.45) is 13.0 Å². The molecule has 1 aliphatic rings. The first-order chi connectivity index (χ1) is 6.68. The fourth-order valence-electron chi connectivity index (χ4n) is 1.79. The standard InChI is InChI=1S/C8H14ClN5/c1-6-5-14(4-3-7(6)9)8-10-11-12-13(8)2/h6-7H,3-5H2,1-2H3. The topological polar surface area (TPSA) is 46.8 Å². The number of halogens is 1. The number of nitrogens with zero attached hydrogens (tertiary/aromatic N) is 5. The van der Waals surface area contributed by atoms with Crippen LogP contribution in [-0.4, -0.2) is 38.7 Å². The van der Waals surface area contributed by atoms with E-state index < -0.39 is 0 Å². The Morgan fingerprint density at radius 3 is 2.86 bits per heavy atom. The van der Waals surface area contributed by atoms with Crippen LogP contribution in [0.1, 0.15) is 13.3 Å². The zero-order valence-electron chi connectivity index (χ0n) is 8.39. The maximum absolute atomic E-state index is 6.15. The molecule has 0 N–H and O–H groups in total. The monoisotopic (exact) mass is 215 g/mol. The first-order valence-electron chi connectivity index (χ1n) is 4.80. The number of anilines is 1. The Bertz CT molecular complexity index is 312. The van der Waals surface area contributed by atoms with Gasteiger partial charge in [-0.3, -0.25) is 0 Å². The molecule has 0 saturated carbocycles. The quantitative estimate of drug-likeness (QED) is 0.646. The van der Waals surface area contributed by atoms with Crippen LogP contribution >= 0.6 is 11.6 Å². The molecule has 0 bridgehead atoms. The van der Waals surface area contributed by atoms with E-state index in [2.05, 4.69) is 27.3 Å². The lowest BCUT2D eigenvalue weighted by molar-refractivity contribution is 0.445. The molecule has 0 aliphatic carbocycles. The fraction of sp³-hybridized carbons (Fsp3) is 0.875. The number of alkyl halides is 1. The molecule has 1 fully saturated rings. The summed E-state index contributed by atoms with van der Waals surface area (Å²) in [4.78, 5) is 2.18. The average Bonchev–Trinajstić information content (AvgIpc) is 2.57.